The third-order valence-corrected chi connectivity index (χ3v) is 3.50. The molecule has 0 radical (unpaired) electrons. The minimum Gasteiger partial charge on any atom is -0.481 e. The number of likely N-dealkylation sites (tertiary alicyclic amines) is 1. The average molecular weight is 301 g/mol. The molecule has 1 heterocycles. The van der Waals surface area contributed by atoms with Gasteiger partial charge in [0.25, 0.3) is 0 Å². The Morgan fingerprint density at radius 3 is 2.43 bits per heavy atom. The summed E-state index contributed by atoms with van der Waals surface area (Å²) in [6.07, 6.45) is -3.94. The molecule has 1 N–H and O–H groups in total. The summed E-state index contributed by atoms with van der Waals surface area (Å²) in [4.78, 5) is 24.1. The fraction of sp³-hybridized carbons (Fsp3) is 0.429. The molecule has 1 atom stereocenters. The van der Waals surface area contributed by atoms with Gasteiger partial charge in [-0.05, 0) is 24.1 Å². The van der Waals surface area contributed by atoms with Gasteiger partial charge in [0, 0.05) is 19.5 Å². The Morgan fingerprint density at radius 2 is 1.90 bits per heavy atom. The summed E-state index contributed by atoms with van der Waals surface area (Å²) in [7, 11) is 0. The van der Waals surface area contributed by atoms with Crippen LogP contribution in [-0.4, -0.2) is 28.4 Å². The number of aliphatic carboxylic acids is 1. The van der Waals surface area contributed by atoms with Crippen LogP contribution in [0.5, 0.6) is 0 Å². The van der Waals surface area contributed by atoms with Gasteiger partial charge in [-0.1, -0.05) is 12.1 Å². The van der Waals surface area contributed by atoms with Crippen LogP contribution in [0.2, 0.25) is 0 Å². The van der Waals surface area contributed by atoms with E-state index in [0.717, 1.165) is 12.1 Å². The Bertz CT molecular complexity index is 539. The lowest BCUT2D eigenvalue weighted by Gasteiger charge is -2.30. The number of halogens is 3. The second-order valence-electron chi connectivity index (χ2n) is 5.04. The summed E-state index contributed by atoms with van der Waals surface area (Å²) in [6, 6.07) is 4.53. The molecule has 2 rings (SSSR count). The van der Waals surface area contributed by atoms with Gasteiger partial charge < -0.3 is 10.0 Å². The van der Waals surface area contributed by atoms with Gasteiger partial charge in [-0.2, -0.15) is 13.2 Å². The fourth-order valence-electron chi connectivity index (χ4n) is 2.29. The molecule has 7 heteroatoms. The van der Waals surface area contributed by atoms with Crippen LogP contribution in [0.1, 0.15) is 24.0 Å². The van der Waals surface area contributed by atoms with E-state index in [1.165, 1.54) is 17.0 Å². The van der Waals surface area contributed by atoms with Crippen molar-refractivity contribution < 1.29 is 27.9 Å². The second kappa shape index (κ2) is 5.75. The number of carbonyl (C=O) groups is 2. The predicted octanol–water partition coefficient (Wildman–Crippen LogP) is 2.53. The molecule has 21 heavy (non-hydrogen) atoms. The fourth-order valence-corrected chi connectivity index (χ4v) is 2.29. The molecule has 0 spiro atoms. The maximum Gasteiger partial charge on any atom is 0.416 e. The van der Waals surface area contributed by atoms with Crippen LogP contribution in [0.4, 0.5) is 13.2 Å². The number of amides is 1. The van der Waals surface area contributed by atoms with Crippen LogP contribution in [0, 0.1) is 5.92 Å². The van der Waals surface area contributed by atoms with Crippen molar-refractivity contribution in [2.24, 2.45) is 5.92 Å². The van der Waals surface area contributed by atoms with E-state index >= 15 is 0 Å². The molecule has 1 aromatic rings. The quantitative estimate of drug-likeness (QED) is 0.933. The zero-order chi connectivity index (χ0) is 15.6. The van der Waals surface area contributed by atoms with Crippen LogP contribution in [0.15, 0.2) is 24.3 Å². The van der Waals surface area contributed by atoms with Crippen molar-refractivity contribution in [2.75, 3.05) is 6.54 Å². The molecule has 1 aliphatic rings. The standard InChI is InChI=1S/C14H14F3NO3/c15-14(16,17)11-4-1-9(2-5-11)7-18-8-10(13(20)21)3-6-12(18)19/h1-2,4-5,10H,3,6-8H2,(H,20,21). The molecule has 1 aromatic carbocycles. The van der Waals surface area contributed by atoms with E-state index in [-0.39, 0.29) is 25.4 Å². The molecule has 1 aliphatic heterocycles. The van der Waals surface area contributed by atoms with Crippen molar-refractivity contribution in [1.82, 2.24) is 4.90 Å². The molecule has 4 nitrogen and oxygen atoms in total. The van der Waals surface area contributed by atoms with E-state index in [9.17, 15) is 22.8 Å². The number of rotatable bonds is 3. The van der Waals surface area contributed by atoms with E-state index < -0.39 is 23.6 Å². The van der Waals surface area contributed by atoms with Crippen molar-refractivity contribution in [3.8, 4) is 0 Å². The number of nitrogens with zero attached hydrogens (tertiary/aromatic N) is 1. The Kier molecular flexibility index (Phi) is 4.20. The predicted molar refractivity (Wildman–Crippen MR) is 67.2 cm³/mol. The Hall–Kier alpha value is -2.05. The van der Waals surface area contributed by atoms with Crippen molar-refractivity contribution in [1.29, 1.82) is 0 Å². The number of benzene rings is 1. The summed E-state index contributed by atoms with van der Waals surface area (Å²) >= 11 is 0. The highest BCUT2D eigenvalue weighted by Crippen LogP contribution is 2.29. The van der Waals surface area contributed by atoms with E-state index in [1.807, 2.05) is 0 Å². The molecule has 1 unspecified atom stereocenters. The van der Waals surface area contributed by atoms with Gasteiger partial charge in [0.1, 0.15) is 0 Å². The van der Waals surface area contributed by atoms with Crippen molar-refractivity contribution in [2.45, 2.75) is 25.6 Å². The van der Waals surface area contributed by atoms with Crippen LogP contribution in [0.25, 0.3) is 0 Å². The number of carboxylic acids is 1. The first-order valence-electron chi connectivity index (χ1n) is 6.44. The molecule has 0 aromatic heterocycles. The molecular formula is C14H14F3NO3. The van der Waals surface area contributed by atoms with Crippen molar-refractivity contribution in [3.05, 3.63) is 35.4 Å². The van der Waals surface area contributed by atoms with Crippen molar-refractivity contribution >= 4 is 11.9 Å². The minimum absolute atomic E-state index is 0.0924. The summed E-state index contributed by atoms with van der Waals surface area (Å²) < 4.78 is 37.4. The third-order valence-electron chi connectivity index (χ3n) is 3.50. The maximum absolute atomic E-state index is 12.5. The number of alkyl halides is 3. The first-order valence-corrected chi connectivity index (χ1v) is 6.44. The van der Waals surface area contributed by atoms with Gasteiger partial charge in [-0.15, -0.1) is 0 Å². The Balaban J connectivity index is 2.06. The number of carbonyl (C=O) groups excluding carboxylic acids is 1. The lowest BCUT2D eigenvalue weighted by Crippen LogP contribution is -2.42. The first kappa shape index (κ1) is 15.3. The third kappa shape index (κ3) is 3.74. The molecule has 0 aliphatic carbocycles. The van der Waals surface area contributed by atoms with Gasteiger partial charge in [0.05, 0.1) is 11.5 Å². The van der Waals surface area contributed by atoms with Crippen LogP contribution < -0.4 is 0 Å². The lowest BCUT2D eigenvalue weighted by molar-refractivity contribution is -0.147. The van der Waals surface area contributed by atoms with Gasteiger partial charge in [-0.3, -0.25) is 9.59 Å². The monoisotopic (exact) mass is 301 g/mol. The smallest absolute Gasteiger partial charge is 0.416 e. The van der Waals surface area contributed by atoms with E-state index in [2.05, 4.69) is 0 Å². The maximum atomic E-state index is 12.5. The Labute approximate surface area is 119 Å². The van der Waals surface area contributed by atoms with Gasteiger partial charge in [0.2, 0.25) is 5.91 Å². The molecule has 114 valence electrons. The topological polar surface area (TPSA) is 57.6 Å². The van der Waals surface area contributed by atoms with Gasteiger partial charge in [0.15, 0.2) is 0 Å². The van der Waals surface area contributed by atoms with E-state index in [4.69, 9.17) is 5.11 Å². The molecular weight excluding hydrogens is 287 g/mol. The van der Waals surface area contributed by atoms with E-state index in [1.54, 1.807) is 0 Å². The minimum atomic E-state index is -4.39. The van der Waals surface area contributed by atoms with Crippen LogP contribution in [0.3, 0.4) is 0 Å². The first-order chi connectivity index (χ1) is 9.77. The summed E-state index contributed by atoms with van der Waals surface area (Å²) in [5, 5.41) is 8.97. The van der Waals surface area contributed by atoms with E-state index in [0.29, 0.717) is 12.0 Å². The average Bonchev–Trinajstić information content (AvgIpc) is 2.40. The number of hydrogen-bond donors (Lipinski definition) is 1. The summed E-state index contributed by atoms with van der Waals surface area (Å²) in [5.74, 6) is -1.75. The molecule has 1 saturated heterocycles. The van der Waals surface area contributed by atoms with Crippen LogP contribution >= 0.6 is 0 Å². The normalized spacial score (nSPS) is 19.7. The van der Waals surface area contributed by atoms with Gasteiger partial charge >= 0.3 is 12.1 Å². The second-order valence-corrected chi connectivity index (χ2v) is 5.04. The Morgan fingerprint density at radius 1 is 1.29 bits per heavy atom. The van der Waals surface area contributed by atoms with Crippen molar-refractivity contribution in [3.63, 3.8) is 0 Å². The highest BCUT2D eigenvalue weighted by atomic mass is 19.4. The highest BCUT2D eigenvalue weighted by molar-refractivity contribution is 5.80. The number of piperidine rings is 1. The summed E-state index contributed by atoms with van der Waals surface area (Å²) in [5.41, 5.74) is -0.206. The number of hydrogen-bond acceptors (Lipinski definition) is 2. The molecule has 1 amide bonds. The largest absolute Gasteiger partial charge is 0.481 e. The van der Waals surface area contributed by atoms with Gasteiger partial charge in [-0.25, -0.2) is 0 Å². The molecule has 0 saturated carbocycles. The highest BCUT2D eigenvalue weighted by Gasteiger charge is 2.31. The zero-order valence-electron chi connectivity index (χ0n) is 11.1. The summed E-state index contributed by atoms with van der Waals surface area (Å²) in [6.45, 7) is 0.218. The van der Waals surface area contributed by atoms with Crippen LogP contribution in [-0.2, 0) is 22.3 Å². The zero-order valence-corrected chi connectivity index (χ0v) is 11.1. The lowest BCUT2D eigenvalue weighted by atomic mass is 9.97. The number of carboxylic acid groups (broad SMARTS) is 1. The molecule has 0 bridgehead atoms. The molecule has 1 fully saturated rings. The SMILES string of the molecule is O=C(O)C1CCC(=O)N(Cc2ccc(C(F)(F)F)cc2)C1.